The summed E-state index contributed by atoms with van der Waals surface area (Å²) >= 11 is 0. The molecule has 1 unspecified atom stereocenters. The zero-order valence-electron chi connectivity index (χ0n) is 23.8. The summed E-state index contributed by atoms with van der Waals surface area (Å²) in [7, 11) is 0. The van der Waals surface area contributed by atoms with Gasteiger partial charge in [-0.1, -0.05) is 58.6 Å². The molecule has 214 valence electrons. The average Bonchev–Trinajstić information content (AvgIpc) is 3.41. The number of hydrogen-bond acceptors (Lipinski definition) is 7. The molecule has 7 heteroatoms. The Balaban J connectivity index is 1.35. The first-order valence-corrected chi connectivity index (χ1v) is 15.2. The lowest BCUT2D eigenvalue weighted by Gasteiger charge is -2.59. The van der Waals surface area contributed by atoms with Gasteiger partial charge < -0.3 is 19.3 Å². The van der Waals surface area contributed by atoms with Crippen molar-refractivity contribution in [1.82, 2.24) is 0 Å². The molecule has 5 aliphatic carbocycles. The van der Waals surface area contributed by atoms with Crippen molar-refractivity contribution in [2.45, 2.75) is 110 Å². The highest BCUT2D eigenvalue weighted by atomic mass is 16.7. The molecule has 1 aliphatic heterocycles. The van der Waals surface area contributed by atoms with Crippen molar-refractivity contribution in [2.24, 2.45) is 40.4 Å². The summed E-state index contributed by atoms with van der Waals surface area (Å²) in [6.45, 7) is 7.44. The number of ether oxygens (including phenoxy) is 3. The predicted octanol–water partition coefficient (Wildman–Crippen LogP) is 4.70. The van der Waals surface area contributed by atoms with Gasteiger partial charge in [0, 0.05) is 22.7 Å². The Hall–Kier alpha value is -1.83. The molecular weight excluding hydrogens is 496 g/mol. The average molecular weight is 541 g/mol. The molecule has 0 aromatic rings. The molecule has 5 fully saturated rings. The number of aliphatic hydroxyl groups is 1. The van der Waals surface area contributed by atoms with Gasteiger partial charge in [-0.3, -0.25) is 14.4 Å². The zero-order valence-corrected chi connectivity index (χ0v) is 23.8. The monoisotopic (exact) mass is 540 g/mol. The van der Waals surface area contributed by atoms with E-state index in [0.29, 0.717) is 12.8 Å². The third kappa shape index (κ3) is 3.97. The van der Waals surface area contributed by atoms with Crippen molar-refractivity contribution in [2.75, 3.05) is 6.61 Å². The van der Waals surface area contributed by atoms with Crippen LogP contribution in [0.15, 0.2) is 23.8 Å². The Labute approximate surface area is 231 Å². The fourth-order valence-corrected chi connectivity index (χ4v) is 9.62. The Morgan fingerprint density at radius 2 is 1.90 bits per heavy atom. The van der Waals surface area contributed by atoms with Crippen LogP contribution in [-0.4, -0.2) is 53.3 Å². The minimum atomic E-state index is -1.25. The molecule has 0 aromatic carbocycles. The van der Waals surface area contributed by atoms with E-state index < -0.39 is 35.5 Å². The van der Waals surface area contributed by atoms with E-state index >= 15 is 0 Å². The fraction of sp³-hybridized carbons (Fsp3) is 0.781. The van der Waals surface area contributed by atoms with Gasteiger partial charge in [0.2, 0.25) is 5.78 Å². The van der Waals surface area contributed by atoms with Crippen molar-refractivity contribution >= 4 is 17.5 Å². The summed E-state index contributed by atoms with van der Waals surface area (Å²) in [6, 6.07) is 0. The molecule has 4 saturated carbocycles. The highest BCUT2D eigenvalue weighted by Gasteiger charge is 2.76. The molecule has 6 aliphatic rings. The van der Waals surface area contributed by atoms with Crippen LogP contribution in [-0.2, 0) is 28.6 Å². The van der Waals surface area contributed by atoms with E-state index in [2.05, 4.69) is 13.8 Å². The maximum absolute atomic E-state index is 14.2. The largest absolute Gasteiger partial charge is 0.457 e. The summed E-state index contributed by atoms with van der Waals surface area (Å²) in [5.74, 6) is -0.471. The first kappa shape index (κ1) is 27.3. The van der Waals surface area contributed by atoms with E-state index in [1.807, 2.05) is 6.08 Å². The third-order valence-electron chi connectivity index (χ3n) is 11.5. The van der Waals surface area contributed by atoms with Gasteiger partial charge in [-0.05, 0) is 62.5 Å². The van der Waals surface area contributed by atoms with Gasteiger partial charge in [0.1, 0.15) is 0 Å². The summed E-state index contributed by atoms with van der Waals surface area (Å²) in [6.07, 6.45) is 12.2. The highest BCUT2D eigenvalue weighted by Crippen LogP contribution is 2.70. The van der Waals surface area contributed by atoms with Gasteiger partial charge in [0.25, 0.3) is 0 Å². The van der Waals surface area contributed by atoms with Gasteiger partial charge in [-0.25, -0.2) is 0 Å². The van der Waals surface area contributed by atoms with Crippen LogP contribution >= 0.6 is 0 Å². The maximum Gasteiger partial charge on any atom is 0.308 e. The Morgan fingerprint density at radius 1 is 1.15 bits per heavy atom. The number of allylic oxidation sites excluding steroid dienone is 4. The third-order valence-corrected chi connectivity index (χ3v) is 11.5. The standard InChI is InChI=1S/C32H44O7/c1-18(2)28(36)37-17-25(35)32-26(38-29(39-32)19-8-6-5-7-9-19)15-23-22-11-10-20-14-21(33)12-13-30(20,3)27(22)24(34)16-31(23,32)4/h12-14,18-19,22-24,26-27,29,34H,5-11,15-17H2,1-4H3/t22-,23?,24-,26+,27+,29+,30-,31-,32+/m0/s1. The quantitative estimate of drug-likeness (QED) is 0.505. The molecule has 6 rings (SSSR count). The molecule has 1 heterocycles. The van der Waals surface area contributed by atoms with E-state index in [1.54, 1.807) is 26.0 Å². The van der Waals surface area contributed by atoms with Gasteiger partial charge >= 0.3 is 5.97 Å². The minimum absolute atomic E-state index is 0.0162. The van der Waals surface area contributed by atoms with E-state index in [-0.39, 0.29) is 53.2 Å². The summed E-state index contributed by atoms with van der Waals surface area (Å²) < 4.78 is 19.0. The molecule has 1 saturated heterocycles. The fourth-order valence-electron chi connectivity index (χ4n) is 9.62. The molecule has 9 atom stereocenters. The van der Waals surface area contributed by atoms with Crippen LogP contribution < -0.4 is 0 Å². The molecule has 1 N–H and O–H groups in total. The first-order valence-electron chi connectivity index (χ1n) is 15.2. The SMILES string of the molecule is CC(C)C(=O)OCC(=O)[C@@]12O[C@H](C3CCCCC3)O[C@@H]1CC1[C@@H]3CCC4=CC(=O)C=C[C@]4(C)[C@H]3[C@@H](O)C[C@@]12C. The van der Waals surface area contributed by atoms with E-state index in [0.717, 1.165) is 44.1 Å². The van der Waals surface area contributed by atoms with Crippen LogP contribution in [0.4, 0.5) is 0 Å². The van der Waals surface area contributed by atoms with Crippen LogP contribution in [0.1, 0.15) is 85.5 Å². The second-order valence-corrected chi connectivity index (χ2v) is 13.9. The molecule has 0 amide bonds. The maximum atomic E-state index is 14.2. The number of Topliss-reactive ketones (excluding diaryl/α,β-unsaturated/α-hetero) is 1. The van der Waals surface area contributed by atoms with Crippen molar-refractivity contribution in [3.05, 3.63) is 23.8 Å². The Kier molecular flexibility index (Phi) is 6.75. The lowest BCUT2D eigenvalue weighted by atomic mass is 9.46. The summed E-state index contributed by atoms with van der Waals surface area (Å²) in [4.78, 5) is 38.7. The van der Waals surface area contributed by atoms with Crippen LogP contribution in [0.5, 0.6) is 0 Å². The minimum Gasteiger partial charge on any atom is -0.457 e. The number of carbonyl (C=O) groups is 3. The number of ketones is 2. The molecule has 7 nitrogen and oxygen atoms in total. The molecule has 0 spiro atoms. The first-order chi connectivity index (χ1) is 18.5. The second kappa shape index (κ2) is 9.63. The van der Waals surface area contributed by atoms with Gasteiger partial charge in [0.15, 0.2) is 24.3 Å². The molecular formula is C32H44O7. The topological polar surface area (TPSA) is 99.1 Å². The summed E-state index contributed by atoms with van der Waals surface area (Å²) in [5, 5.41) is 11.9. The Morgan fingerprint density at radius 3 is 2.62 bits per heavy atom. The van der Waals surface area contributed by atoms with Crippen LogP contribution in [0, 0.1) is 40.4 Å². The number of esters is 1. The zero-order chi connectivity index (χ0) is 27.7. The molecule has 0 bridgehead atoms. The second-order valence-electron chi connectivity index (χ2n) is 13.9. The number of carbonyl (C=O) groups excluding carboxylic acids is 3. The molecule has 0 aromatic heterocycles. The lowest BCUT2D eigenvalue weighted by molar-refractivity contribution is -0.210. The smallest absolute Gasteiger partial charge is 0.308 e. The molecule has 39 heavy (non-hydrogen) atoms. The number of fused-ring (bicyclic) bond motifs is 7. The van der Waals surface area contributed by atoms with E-state index in [4.69, 9.17) is 14.2 Å². The van der Waals surface area contributed by atoms with Crippen LogP contribution in [0.25, 0.3) is 0 Å². The van der Waals surface area contributed by atoms with Gasteiger partial charge in [-0.2, -0.15) is 0 Å². The number of rotatable bonds is 5. The van der Waals surface area contributed by atoms with Crippen molar-refractivity contribution < 1.29 is 33.7 Å². The predicted molar refractivity (Wildman–Crippen MR) is 143 cm³/mol. The summed E-state index contributed by atoms with van der Waals surface area (Å²) in [5.41, 5.74) is -1.19. The lowest BCUT2D eigenvalue weighted by Crippen LogP contribution is -2.63. The van der Waals surface area contributed by atoms with E-state index in [9.17, 15) is 19.5 Å². The van der Waals surface area contributed by atoms with Gasteiger partial charge in [0.05, 0.1) is 18.1 Å². The van der Waals surface area contributed by atoms with E-state index in [1.165, 1.54) is 6.42 Å². The highest BCUT2D eigenvalue weighted by molar-refractivity contribution is 6.01. The van der Waals surface area contributed by atoms with Crippen LogP contribution in [0.3, 0.4) is 0 Å². The number of aliphatic hydroxyl groups excluding tert-OH is 1. The van der Waals surface area contributed by atoms with Gasteiger partial charge in [-0.15, -0.1) is 0 Å². The Bertz CT molecular complexity index is 1100. The van der Waals surface area contributed by atoms with Crippen molar-refractivity contribution in [3.8, 4) is 0 Å². The van der Waals surface area contributed by atoms with Crippen molar-refractivity contribution in [3.63, 3.8) is 0 Å². The van der Waals surface area contributed by atoms with Crippen LogP contribution in [0.2, 0.25) is 0 Å². The number of hydrogen-bond donors (Lipinski definition) is 1. The normalized spacial score (nSPS) is 45.3. The molecule has 0 radical (unpaired) electrons. The van der Waals surface area contributed by atoms with Crippen molar-refractivity contribution in [1.29, 1.82) is 0 Å².